The van der Waals surface area contributed by atoms with Gasteiger partial charge < -0.3 is 23.7 Å². The average Bonchev–Trinajstić information content (AvgIpc) is 3.08. The van der Waals surface area contributed by atoms with Crippen LogP contribution in [0, 0.1) is 0 Å². The quantitative estimate of drug-likeness (QED) is 0.314. The van der Waals surface area contributed by atoms with Crippen molar-refractivity contribution in [3.05, 3.63) is 0 Å². The fourth-order valence-corrected chi connectivity index (χ4v) is 1.11. The molecule has 2 rings (SSSR count). The molecule has 0 aromatic carbocycles. The SMILES string of the molecule is CC(OCCOCC1CO1)OCC1CO1. The molecule has 0 amide bonds. The van der Waals surface area contributed by atoms with E-state index in [-0.39, 0.29) is 6.29 Å². The first-order valence-electron chi connectivity index (χ1n) is 5.39. The summed E-state index contributed by atoms with van der Waals surface area (Å²) in [5.74, 6) is 0. The van der Waals surface area contributed by atoms with Crippen molar-refractivity contribution in [2.75, 3.05) is 39.6 Å². The van der Waals surface area contributed by atoms with Crippen LogP contribution in [0.5, 0.6) is 0 Å². The van der Waals surface area contributed by atoms with E-state index in [0.29, 0.717) is 38.6 Å². The summed E-state index contributed by atoms with van der Waals surface area (Å²) in [7, 11) is 0. The first-order chi connectivity index (χ1) is 7.34. The van der Waals surface area contributed by atoms with Crippen LogP contribution in [0.4, 0.5) is 0 Å². The van der Waals surface area contributed by atoms with Crippen LogP contribution >= 0.6 is 0 Å². The van der Waals surface area contributed by atoms with Gasteiger partial charge in [0.1, 0.15) is 12.2 Å². The summed E-state index contributed by atoms with van der Waals surface area (Å²) >= 11 is 0. The molecule has 0 aliphatic carbocycles. The second kappa shape index (κ2) is 5.77. The molecule has 0 spiro atoms. The van der Waals surface area contributed by atoms with Gasteiger partial charge in [-0.2, -0.15) is 0 Å². The fraction of sp³-hybridized carbons (Fsp3) is 1.00. The zero-order chi connectivity index (χ0) is 10.5. The maximum Gasteiger partial charge on any atom is 0.155 e. The van der Waals surface area contributed by atoms with Crippen LogP contribution in [0.15, 0.2) is 0 Å². The minimum atomic E-state index is -0.185. The standard InChI is InChI=1S/C10H18O5/c1-8(13-5-10-7-15-10)12-3-2-11-4-9-6-14-9/h8-10H,2-7H2,1H3. The third kappa shape index (κ3) is 5.44. The molecule has 2 saturated heterocycles. The monoisotopic (exact) mass is 218 g/mol. The lowest BCUT2D eigenvalue weighted by Gasteiger charge is -2.13. The van der Waals surface area contributed by atoms with E-state index in [2.05, 4.69) is 0 Å². The van der Waals surface area contributed by atoms with E-state index < -0.39 is 0 Å². The fourth-order valence-electron chi connectivity index (χ4n) is 1.11. The molecule has 0 saturated carbocycles. The molecule has 15 heavy (non-hydrogen) atoms. The molecular formula is C10H18O5. The van der Waals surface area contributed by atoms with Gasteiger partial charge in [-0.15, -0.1) is 0 Å². The molecular weight excluding hydrogens is 200 g/mol. The minimum Gasteiger partial charge on any atom is -0.376 e. The van der Waals surface area contributed by atoms with Crippen molar-refractivity contribution in [3.63, 3.8) is 0 Å². The molecule has 2 fully saturated rings. The second-order valence-electron chi connectivity index (χ2n) is 3.76. The van der Waals surface area contributed by atoms with Gasteiger partial charge in [0.25, 0.3) is 0 Å². The second-order valence-corrected chi connectivity index (χ2v) is 3.76. The highest BCUT2D eigenvalue weighted by Gasteiger charge is 2.23. The number of rotatable bonds is 9. The Kier molecular flexibility index (Phi) is 4.34. The van der Waals surface area contributed by atoms with Gasteiger partial charge in [-0.05, 0) is 6.92 Å². The highest BCUT2D eigenvalue weighted by molar-refractivity contribution is 4.67. The van der Waals surface area contributed by atoms with Gasteiger partial charge in [-0.3, -0.25) is 0 Å². The number of epoxide rings is 2. The molecule has 5 heteroatoms. The predicted octanol–water partition coefficient (Wildman–Crippen LogP) is 0.180. The van der Waals surface area contributed by atoms with Crippen molar-refractivity contribution in [2.45, 2.75) is 25.4 Å². The van der Waals surface area contributed by atoms with Crippen LogP contribution in [0.25, 0.3) is 0 Å². The van der Waals surface area contributed by atoms with Crippen molar-refractivity contribution in [1.29, 1.82) is 0 Å². The lowest BCUT2D eigenvalue weighted by Crippen LogP contribution is -2.19. The molecule has 88 valence electrons. The highest BCUT2D eigenvalue weighted by Crippen LogP contribution is 2.10. The van der Waals surface area contributed by atoms with Gasteiger partial charge in [0.2, 0.25) is 0 Å². The maximum atomic E-state index is 5.38. The third-order valence-corrected chi connectivity index (χ3v) is 2.21. The molecule has 2 heterocycles. The maximum absolute atomic E-state index is 5.38. The van der Waals surface area contributed by atoms with E-state index >= 15 is 0 Å². The van der Waals surface area contributed by atoms with Crippen LogP contribution < -0.4 is 0 Å². The van der Waals surface area contributed by atoms with Crippen LogP contribution in [-0.4, -0.2) is 58.1 Å². The van der Waals surface area contributed by atoms with Crippen LogP contribution in [-0.2, 0) is 23.7 Å². The molecule has 3 atom stereocenters. The molecule has 0 radical (unpaired) electrons. The van der Waals surface area contributed by atoms with Crippen LogP contribution in [0.2, 0.25) is 0 Å². The Morgan fingerprint density at radius 3 is 2.40 bits per heavy atom. The van der Waals surface area contributed by atoms with Crippen molar-refractivity contribution in [2.24, 2.45) is 0 Å². The van der Waals surface area contributed by atoms with Gasteiger partial charge >= 0.3 is 0 Å². The Hall–Kier alpha value is -0.200. The Morgan fingerprint density at radius 2 is 1.73 bits per heavy atom. The molecule has 2 aliphatic heterocycles. The van der Waals surface area contributed by atoms with Gasteiger partial charge in [-0.1, -0.05) is 0 Å². The van der Waals surface area contributed by atoms with E-state index in [1.807, 2.05) is 6.92 Å². The summed E-state index contributed by atoms with van der Waals surface area (Å²) in [6, 6.07) is 0. The number of hydrogen-bond donors (Lipinski definition) is 0. The van der Waals surface area contributed by atoms with Crippen molar-refractivity contribution in [3.8, 4) is 0 Å². The van der Waals surface area contributed by atoms with E-state index in [9.17, 15) is 0 Å². The number of ether oxygens (including phenoxy) is 5. The summed E-state index contributed by atoms with van der Waals surface area (Å²) in [5.41, 5.74) is 0. The molecule has 5 nitrogen and oxygen atoms in total. The molecule has 3 unspecified atom stereocenters. The molecule has 0 aromatic rings. The smallest absolute Gasteiger partial charge is 0.155 e. The molecule has 2 aliphatic rings. The van der Waals surface area contributed by atoms with Crippen molar-refractivity contribution in [1.82, 2.24) is 0 Å². The van der Waals surface area contributed by atoms with Gasteiger partial charge in [0.05, 0.1) is 39.6 Å². The molecule has 0 N–H and O–H groups in total. The Bertz CT molecular complexity index is 179. The Morgan fingerprint density at radius 1 is 1.07 bits per heavy atom. The van der Waals surface area contributed by atoms with E-state index in [1.54, 1.807) is 0 Å². The van der Waals surface area contributed by atoms with Crippen molar-refractivity contribution < 1.29 is 23.7 Å². The van der Waals surface area contributed by atoms with Gasteiger partial charge in [0, 0.05) is 0 Å². The van der Waals surface area contributed by atoms with E-state index in [0.717, 1.165) is 13.2 Å². The van der Waals surface area contributed by atoms with Crippen molar-refractivity contribution >= 4 is 0 Å². The highest BCUT2D eigenvalue weighted by atomic mass is 16.7. The lowest BCUT2D eigenvalue weighted by molar-refractivity contribution is -0.141. The molecule has 0 bridgehead atoms. The average molecular weight is 218 g/mol. The van der Waals surface area contributed by atoms with Crippen LogP contribution in [0.3, 0.4) is 0 Å². The zero-order valence-electron chi connectivity index (χ0n) is 9.02. The summed E-state index contributed by atoms with van der Waals surface area (Å²) < 4.78 is 26.1. The van der Waals surface area contributed by atoms with Gasteiger partial charge in [-0.25, -0.2) is 0 Å². The first-order valence-corrected chi connectivity index (χ1v) is 5.39. The van der Waals surface area contributed by atoms with Crippen LogP contribution in [0.1, 0.15) is 6.92 Å². The largest absolute Gasteiger partial charge is 0.376 e. The summed E-state index contributed by atoms with van der Waals surface area (Å²) in [4.78, 5) is 0. The third-order valence-electron chi connectivity index (χ3n) is 2.21. The normalized spacial score (nSPS) is 30.2. The van der Waals surface area contributed by atoms with E-state index in [1.165, 1.54) is 0 Å². The van der Waals surface area contributed by atoms with E-state index in [4.69, 9.17) is 23.7 Å². The van der Waals surface area contributed by atoms with Gasteiger partial charge in [0.15, 0.2) is 6.29 Å². The summed E-state index contributed by atoms with van der Waals surface area (Å²) in [5, 5.41) is 0. The lowest BCUT2D eigenvalue weighted by atomic mass is 10.5. The summed E-state index contributed by atoms with van der Waals surface area (Å²) in [6.45, 7) is 5.98. The predicted molar refractivity (Wildman–Crippen MR) is 51.7 cm³/mol. The Balaban J connectivity index is 1.35. The first kappa shape index (κ1) is 11.3. The number of hydrogen-bond acceptors (Lipinski definition) is 5. The molecule has 0 aromatic heterocycles. The topological polar surface area (TPSA) is 52.8 Å². The summed E-state index contributed by atoms with van der Waals surface area (Å²) in [6.07, 6.45) is 0.431. The zero-order valence-corrected chi connectivity index (χ0v) is 9.02. The minimum absolute atomic E-state index is 0.185. The Labute approximate surface area is 89.6 Å².